The van der Waals surface area contributed by atoms with Crippen LogP contribution in [-0.2, 0) is 19.1 Å². The van der Waals surface area contributed by atoms with E-state index in [1.165, 1.54) is 13.8 Å². The molecule has 1 atom stereocenters. The Bertz CT molecular complexity index is 220. The minimum atomic E-state index is -1.23. The second-order valence-electron chi connectivity index (χ2n) is 3.15. The van der Waals surface area contributed by atoms with Crippen LogP contribution in [0.15, 0.2) is 0 Å². The van der Waals surface area contributed by atoms with E-state index in [-0.39, 0.29) is 6.79 Å². The minimum Gasteiger partial charge on any atom is -0.481 e. The van der Waals surface area contributed by atoms with Crippen molar-refractivity contribution in [3.05, 3.63) is 0 Å². The van der Waals surface area contributed by atoms with Gasteiger partial charge in [-0.05, 0) is 13.8 Å². The number of carboxylic acid groups (broad SMARTS) is 1. The number of aliphatic carboxylic acids is 1. The Morgan fingerprint density at radius 2 is 2.25 bits per heavy atom. The molecule has 1 rings (SSSR count). The van der Waals surface area contributed by atoms with Gasteiger partial charge in [-0.1, -0.05) is 0 Å². The van der Waals surface area contributed by atoms with Gasteiger partial charge in [0.2, 0.25) is 0 Å². The summed E-state index contributed by atoms with van der Waals surface area (Å²) in [5, 5.41) is 8.73. The molecule has 5 heteroatoms. The van der Waals surface area contributed by atoms with E-state index >= 15 is 0 Å². The van der Waals surface area contributed by atoms with Gasteiger partial charge in [-0.25, -0.2) is 4.79 Å². The van der Waals surface area contributed by atoms with Gasteiger partial charge in [-0.2, -0.15) is 0 Å². The summed E-state index contributed by atoms with van der Waals surface area (Å²) in [6.45, 7) is 2.69. The van der Waals surface area contributed by atoms with Gasteiger partial charge in [0.25, 0.3) is 0 Å². The highest BCUT2D eigenvalue weighted by atomic mass is 16.7. The lowest BCUT2D eigenvalue weighted by Gasteiger charge is -2.21. The number of ether oxygens (including phenoxy) is 2. The zero-order valence-electron chi connectivity index (χ0n) is 6.86. The molecule has 12 heavy (non-hydrogen) atoms. The van der Waals surface area contributed by atoms with Gasteiger partial charge < -0.3 is 14.6 Å². The van der Waals surface area contributed by atoms with E-state index in [0.29, 0.717) is 0 Å². The number of rotatable bonds is 2. The van der Waals surface area contributed by atoms with E-state index < -0.39 is 23.5 Å². The maximum Gasteiger partial charge on any atom is 0.338 e. The van der Waals surface area contributed by atoms with Crippen molar-refractivity contribution in [1.29, 1.82) is 0 Å². The molecule has 0 aromatic heterocycles. The van der Waals surface area contributed by atoms with E-state index in [4.69, 9.17) is 9.84 Å². The van der Waals surface area contributed by atoms with Crippen molar-refractivity contribution in [3.63, 3.8) is 0 Å². The molecule has 1 aliphatic heterocycles. The average molecular weight is 174 g/mol. The first kappa shape index (κ1) is 8.99. The number of esters is 1. The fourth-order valence-electron chi connectivity index (χ4n) is 0.919. The second-order valence-corrected chi connectivity index (χ2v) is 3.15. The van der Waals surface area contributed by atoms with Crippen LogP contribution in [0.3, 0.4) is 0 Å². The van der Waals surface area contributed by atoms with Gasteiger partial charge in [0.05, 0.1) is 5.41 Å². The van der Waals surface area contributed by atoms with E-state index in [1.54, 1.807) is 0 Å². The van der Waals surface area contributed by atoms with Crippen LogP contribution in [0, 0.1) is 5.41 Å². The van der Waals surface area contributed by atoms with Crippen LogP contribution >= 0.6 is 0 Å². The van der Waals surface area contributed by atoms with E-state index in [0.717, 1.165) is 0 Å². The normalized spacial score (nSPS) is 23.8. The molecule has 1 N–H and O–H groups in total. The summed E-state index contributed by atoms with van der Waals surface area (Å²) in [6, 6.07) is 0. The van der Waals surface area contributed by atoms with Crippen molar-refractivity contribution < 1.29 is 24.2 Å². The van der Waals surface area contributed by atoms with E-state index in [2.05, 4.69) is 4.74 Å². The lowest BCUT2D eigenvalue weighted by atomic mass is 9.87. The maximum atomic E-state index is 10.9. The van der Waals surface area contributed by atoms with Crippen LogP contribution in [0.1, 0.15) is 13.8 Å². The second kappa shape index (κ2) is 2.75. The third-order valence-electron chi connectivity index (χ3n) is 1.86. The summed E-state index contributed by atoms with van der Waals surface area (Å²) in [7, 11) is 0. The first-order valence-corrected chi connectivity index (χ1v) is 3.48. The topological polar surface area (TPSA) is 72.8 Å². The molecule has 68 valence electrons. The Labute approximate surface area is 69.3 Å². The monoisotopic (exact) mass is 174 g/mol. The summed E-state index contributed by atoms with van der Waals surface area (Å²) in [5.41, 5.74) is -1.23. The predicted octanol–water partition coefficient (Wildman–Crippen LogP) is -0.00330. The van der Waals surface area contributed by atoms with Gasteiger partial charge in [0.1, 0.15) is 0 Å². The van der Waals surface area contributed by atoms with Gasteiger partial charge >= 0.3 is 11.9 Å². The Balaban J connectivity index is 2.80. The molecular formula is C7H10O5. The Morgan fingerprint density at radius 3 is 2.58 bits per heavy atom. The lowest BCUT2D eigenvalue weighted by molar-refractivity contribution is -0.158. The summed E-state index contributed by atoms with van der Waals surface area (Å²) >= 11 is 0. The predicted molar refractivity (Wildman–Crippen MR) is 37.2 cm³/mol. The maximum absolute atomic E-state index is 10.9. The summed E-state index contributed by atoms with van der Waals surface area (Å²) in [4.78, 5) is 21.6. The number of cyclic esters (lactones) is 1. The number of carbonyl (C=O) groups is 2. The fraction of sp³-hybridized carbons (Fsp3) is 0.714. The third kappa shape index (κ3) is 1.27. The molecule has 1 aliphatic rings. The minimum absolute atomic E-state index is 0.153. The summed E-state index contributed by atoms with van der Waals surface area (Å²) in [5.74, 6) is -1.69. The van der Waals surface area contributed by atoms with Crippen LogP contribution in [0.5, 0.6) is 0 Å². The van der Waals surface area contributed by atoms with Gasteiger partial charge in [0, 0.05) is 0 Å². The molecule has 0 radical (unpaired) electrons. The zero-order valence-corrected chi connectivity index (χ0v) is 6.86. The molecule has 1 heterocycles. The SMILES string of the molecule is CC(C)(C(=O)O)C1OCOC1=O. The zero-order chi connectivity index (χ0) is 9.35. The Hall–Kier alpha value is -1.10. The molecule has 1 saturated heterocycles. The first-order chi connectivity index (χ1) is 5.46. The molecule has 1 fully saturated rings. The van der Waals surface area contributed by atoms with Gasteiger partial charge in [-0.15, -0.1) is 0 Å². The number of hydrogen-bond acceptors (Lipinski definition) is 4. The molecule has 0 amide bonds. The first-order valence-electron chi connectivity index (χ1n) is 3.48. The van der Waals surface area contributed by atoms with Gasteiger partial charge in [-0.3, -0.25) is 4.79 Å². The molecule has 0 aliphatic carbocycles. The van der Waals surface area contributed by atoms with Crippen molar-refractivity contribution in [3.8, 4) is 0 Å². The molecule has 1 unspecified atom stereocenters. The number of hydrogen-bond donors (Lipinski definition) is 1. The molecular weight excluding hydrogens is 164 g/mol. The van der Waals surface area contributed by atoms with Gasteiger partial charge in [0.15, 0.2) is 12.9 Å². The van der Waals surface area contributed by atoms with Crippen molar-refractivity contribution in [2.45, 2.75) is 20.0 Å². The highest BCUT2D eigenvalue weighted by Gasteiger charge is 2.46. The molecule has 0 aromatic carbocycles. The molecule has 0 spiro atoms. The van der Waals surface area contributed by atoms with Crippen LogP contribution in [-0.4, -0.2) is 29.9 Å². The number of carbonyl (C=O) groups excluding carboxylic acids is 1. The average Bonchev–Trinajstić information content (AvgIpc) is 2.35. The Kier molecular flexibility index (Phi) is 2.06. The summed E-state index contributed by atoms with van der Waals surface area (Å²) in [6.07, 6.45) is -0.991. The smallest absolute Gasteiger partial charge is 0.338 e. The number of carboxylic acids is 1. The van der Waals surface area contributed by atoms with E-state index in [1.807, 2.05) is 0 Å². The molecule has 5 nitrogen and oxygen atoms in total. The van der Waals surface area contributed by atoms with Crippen molar-refractivity contribution in [2.24, 2.45) is 5.41 Å². The quantitative estimate of drug-likeness (QED) is 0.596. The van der Waals surface area contributed by atoms with Crippen LogP contribution in [0.2, 0.25) is 0 Å². The van der Waals surface area contributed by atoms with E-state index in [9.17, 15) is 9.59 Å². The van der Waals surface area contributed by atoms with Crippen LogP contribution in [0.4, 0.5) is 0 Å². The van der Waals surface area contributed by atoms with Crippen molar-refractivity contribution in [1.82, 2.24) is 0 Å². The fourth-order valence-corrected chi connectivity index (χ4v) is 0.919. The largest absolute Gasteiger partial charge is 0.481 e. The highest BCUT2D eigenvalue weighted by Crippen LogP contribution is 2.27. The standard InChI is InChI=1S/C7H10O5/c1-7(2,6(9)10)4-5(8)12-3-11-4/h4H,3H2,1-2H3,(H,9,10). The molecule has 0 aromatic rings. The Morgan fingerprint density at radius 1 is 1.67 bits per heavy atom. The third-order valence-corrected chi connectivity index (χ3v) is 1.86. The lowest BCUT2D eigenvalue weighted by Crippen LogP contribution is -2.40. The van der Waals surface area contributed by atoms with Crippen LogP contribution < -0.4 is 0 Å². The summed E-state index contributed by atoms with van der Waals surface area (Å²) < 4.78 is 9.32. The van der Waals surface area contributed by atoms with Crippen molar-refractivity contribution in [2.75, 3.05) is 6.79 Å². The van der Waals surface area contributed by atoms with Crippen molar-refractivity contribution >= 4 is 11.9 Å². The highest BCUT2D eigenvalue weighted by molar-refractivity contribution is 5.86. The molecule has 0 bridgehead atoms. The molecule has 0 saturated carbocycles. The van der Waals surface area contributed by atoms with Crippen LogP contribution in [0.25, 0.3) is 0 Å².